The van der Waals surface area contributed by atoms with E-state index in [4.69, 9.17) is 9.94 Å². The first-order valence-corrected chi connectivity index (χ1v) is 5.30. The first-order valence-electron chi connectivity index (χ1n) is 5.30. The van der Waals surface area contributed by atoms with Crippen molar-refractivity contribution in [2.24, 2.45) is 5.16 Å². The van der Waals surface area contributed by atoms with E-state index in [9.17, 15) is 4.79 Å². The fourth-order valence-electron chi connectivity index (χ4n) is 1.32. The van der Waals surface area contributed by atoms with Gasteiger partial charge in [0.25, 0.3) is 0 Å². The van der Waals surface area contributed by atoms with E-state index in [1.165, 1.54) is 0 Å². The summed E-state index contributed by atoms with van der Waals surface area (Å²) in [4.78, 5) is 11.0. The number of ether oxygens (including phenoxy) is 1. The molecule has 1 aromatic carbocycles. The van der Waals surface area contributed by atoms with Crippen LogP contribution in [-0.2, 0) is 4.79 Å². The summed E-state index contributed by atoms with van der Waals surface area (Å²) in [6.07, 6.45) is 0.292. The van der Waals surface area contributed by atoms with Crippen molar-refractivity contribution in [3.05, 3.63) is 29.8 Å². The number of nitrogens with zero attached hydrogens (tertiary/aromatic N) is 1. The summed E-state index contributed by atoms with van der Waals surface area (Å²) >= 11 is 0. The van der Waals surface area contributed by atoms with Crippen LogP contribution < -0.4 is 10.1 Å². The molecule has 1 rings (SSSR count). The molecule has 1 amide bonds. The Kier molecular flexibility index (Phi) is 5.00. The van der Waals surface area contributed by atoms with Crippen molar-refractivity contribution in [1.29, 1.82) is 0 Å². The van der Waals surface area contributed by atoms with Crippen LogP contribution in [0.15, 0.2) is 29.4 Å². The highest BCUT2D eigenvalue weighted by molar-refractivity contribution is 6.00. The number of benzene rings is 1. The van der Waals surface area contributed by atoms with Gasteiger partial charge < -0.3 is 15.3 Å². The van der Waals surface area contributed by atoms with E-state index in [0.29, 0.717) is 23.4 Å². The summed E-state index contributed by atoms with van der Waals surface area (Å²) in [7, 11) is 1.58. The molecule has 0 aliphatic heterocycles. The number of carbonyl (C=O) groups is 1. The van der Waals surface area contributed by atoms with Crippen LogP contribution in [-0.4, -0.2) is 30.5 Å². The van der Waals surface area contributed by atoms with Crippen LogP contribution in [0.25, 0.3) is 0 Å². The average Bonchev–Trinajstić information content (AvgIpc) is 2.38. The molecule has 0 bridgehead atoms. The molecule has 0 fully saturated rings. The second-order valence-corrected chi connectivity index (χ2v) is 3.45. The van der Waals surface area contributed by atoms with Crippen molar-refractivity contribution in [2.45, 2.75) is 13.3 Å². The molecule has 5 nitrogen and oxygen atoms in total. The van der Waals surface area contributed by atoms with Gasteiger partial charge >= 0.3 is 0 Å². The van der Waals surface area contributed by atoms with Crippen molar-refractivity contribution in [3.8, 4) is 5.75 Å². The molecule has 1 aromatic rings. The monoisotopic (exact) mass is 236 g/mol. The minimum Gasteiger partial charge on any atom is -0.492 e. The van der Waals surface area contributed by atoms with Crippen LogP contribution in [0.2, 0.25) is 0 Å². The Bertz CT molecular complexity index is 416. The predicted octanol–water partition coefficient (Wildman–Crippen LogP) is 1.40. The van der Waals surface area contributed by atoms with E-state index < -0.39 is 0 Å². The molecule has 0 aromatic heterocycles. The van der Waals surface area contributed by atoms with Gasteiger partial charge in [-0.25, -0.2) is 0 Å². The Balaban J connectivity index is 2.68. The normalized spacial score (nSPS) is 11.1. The molecule has 0 aliphatic carbocycles. The predicted molar refractivity (Wildman–Crippen MR) is 64.6 cm³/mol. The Hall–Kier alpha value is -2.04. The largest absolute Gasteiger partial charge is 0.492 e. The van der Waals surface area contributed by atoms with Crippen LogP contribution in [0.5, 0.6) is 5.75 Å². The summed E-state index contributed by atoms with van der Waals surface area (Å²) < 4.78 is 5.48. The number of para-hydroxylation sites is 1. The molecule has 5 heteroatoms. The highest BCUT2D eigenvalue weighted by Crippen LogP contribution is 2.18. The van der Waals surface area contributed by atoms with E-state index >= 15 is 0 Å². The van der Waals surface area contributed by atoms with Crippen molar-refractivity contribution in [2.75, 3.05) is 13.7 Å². The molecular weight excluding hydrogens is 220 g/mol. The fourth-order valence-corrected chi connectivity index (χ4v) is 1.32. The third-order valence-electron chi connectivity index (χ3n) is 2.29. The van der Waals surface area contributed by atoms with E-state index in [1.807, 2.05) is 12.1 Å². The Morgan fingerprint density at radius 2 is 2.18 bits per heavy atom. The summed E-state index contributed by atoms with van der Waals surface area (Å²) in [5.74, 6) is 0.529. The van der Waals surface area contributed by atoms with Gasteiger partial charge in [0.15, 0.2) is 0 Å². The number of carbonyl (C=O) groups excluding carboxylic acids is 1. The third kappa shape index (κ3) is 3.79. The molecule has 0 unspecified atom stereocenters. The molecule has 0 radical (unpaired) electrons. The van der Waals surface area contributed by atoms with Gasteiger partial charge in [-0.3, -0.25) is 4.79 Å². The molecule has 0 saturated carbocycles. The first-order chi connectivity index (χ1) is 8.19. The number of rotatable bonds is 5. The van der Waals surface area contributed by atoms with E-state index in [2.05, 4.69) is 10.5 Å². The van der Waals surface area contributed by atoms with Crippen LogP contribution in [0.4, 0.5) is 0 Å². The smallest absolute Gasteiger partial charge is 0.223 e. The van der Waals surface area contributed by atoms with Gasteiger partial charge in [-0.15, -0.1) is 0 Å². The van der Waals surface area contributed by atoms with Gasteiger partial charge in [-0.05, 0) is 19.1 Å². The lowest BCUT2D eigenvalue weighted by atomic mass is 10.1. The minimum atomic E-state index is -0.0740. The highest BCUT2D eigenvalue weighted by Gasteiger charge is 2.07. The quantitative estimate of drug-likeness (QED) is 0.461. The van der Waals surface area contributed by atoms with Crippen LogP contribution in [0.3, 0.4) is 0 Å². The lowest BCUT2D eigenvalue weighted by molar-refractivity contribution is -0.121. The van der Waals surface area contributed by atoms with Gasteiger partial charge in [0.05, 0.1) is 18.7 Å². The third-order valence-corrected chi connectivity index (χ3v) is 2.29. The molecule has 0 aliphatic rings. The zero-order valence-corrected chi connectivity index (χ0v) is 9.93. The topological polar surface area (TPSA) is 70.9 Å². The lowest BCUT2D eigenvalue weighted by Gasteiger charge is -2.10. The van der Waals surface area contributed by atoms with Gasteiger partial charge in [-0.2, -0.15) is 0 Å². The van der Waals surface area contributed by atoms with E-state index in [-0.39, 0.29) is 12.5 Å². The maximum absolute atomic E-state index is 11.0. The number of nitrogens with one attached hydrogen (secondary N) is 1. The molecule has 2 N–H and O–H groups in total. The average molecular weight is 236 g/mol. The van der Waals surface area contributed by atoms with Crippen LogP contribution >= 0.6 is 0 Å². The number of oxime groups is 1. The van der Waals surface area contributed by atoms with E-state index in [1.54, 1.807) is 26.1 Å². The number of hydrogen-bond acceptors (Lipinski definition) is 4. The van der Waals surface area contributed by atoms with Crippen LogP contribution in [0.1, 0.15) is 18.9 Å². The maximum atomic E-state index is 11.0. The lowest BCUT2D eigenvalue weighted by Crippen LogP contribution is -2.20. The SMILES string of the molecule is CNC(=O)CCOc1ccccc1/C(C)=N/O. The zero-order chi connectivity index (χ0) is 12.7. The summed E-state index contributed by atoms with van der Waals surface area (Å²) in [6, 6.07) is 7.22. The summed E-state index contributed by atoms with van der Waals surface area (Å²) in [5, 5.41) is 14.4. The van der Waals surface area contributed by atoms with Gasteiger partial charge in [0.1, 0.15) is 5.75 Å². The molecule has 0 atom stereocenters. The standard InChI is InChI=1S/C12H16N2O3/c1-9(14-16)10-5-3-4-6-11(10)17-8-7-12(15)13-2/h3-6,16H,7-8H2,1-2H3,(H,13,15)/b14-9+. The second-order valence-electron chi connectivity index (χ2n) is 3.45. The molecular formula is C12H16N2O3. The molecule has 92 valence electrons. The number of hydrogen-bond donors (Lipinski definition) is 2. The molecule has 0 saturated heterocycles. The van der Waals surface area contributed by atoms with Crippen molar-refractivity contribution in [1.82, 2.24) is 5.32 Å². The van der Waals surface area contributed by atoms with Gasteiger partial charge in [-0.1, -0.05) is 17.3 Å². The number of amides is 1. The Morgan fingerprint density at radius 3 is 2.82 bits per heavy atom. The van der Waals surface area contributed by atoms with Crippen molar-refractivity contribution < 1.29 is 14.7 Å². The molecule has 0 heterocycles. The second kappa shape index (κ2) is 6.52. The minimum absolute atomic E-state index is 0.0740. The van der Waals surface area contributed by atoms with E-state index in [0.717, 1.165) is 0 Å². The van der Waals surface area contributed by atoms with Crippen molar-refractivity contribution in [3.63, 3.8) is 0 Å². The van der Waals surface area contributed by atoms with Gasteiger partial charge in [0.2, 0.25) is 5.91 Å². The molecule has 0 spiro atoms. The van der Waals surface area contributed by atoms with Gasteiger partial charge in [0, 0.05) is 12.6 Å². The van der Waals surface area contributed by atoms with Crippen LogP contribution in [0, 0.1) is 0 Å². The summed E-state index contributed by atoms with van der Waals surface area (Å²) in [6.45, 7) is 1.97. The van der Waals surface area contributed by atoms with Crippen molar-refractivity contribution >= 4 is 11.6 Å². The Labute approximate surface area is 100 Å². The fraction of sp³-hybridized carbons (Fsp3) is 0.333. The Morgan fingerprint density at radius 1 is 1.47 bits per heavy atom. The zero-order valence-electron chi connectivity index (χ0n) is 9.93. The molecule has 17 heavy (non-hydrogen) atoms. The highest BCUT2D eigenvalue weighted by atomic mass is 16.5. The first kappa shape index (κ1) is 13.0. The maximum Gasteiger partial charge on any atom is 0.223 e. The summed E-state index contributed by atoms with van der Waals surface area (Å²) in [5.41, 5.74) is 1.19.